The van der Waals surface area contributed by atoms with Crippen molar-refractivity contribution in [2.75, 3.05) is 6.61 Å². The average Bonchev–Trinajstić information content (AvgIpc) is 2.82. The Balaban J connectivity index is 2.10. The molecule has 0 atom stereocenters. The van der Waals surface area contributed by atoms with E-state index in [2.05, 4.69) is 4.98 Å². The molecule has 1 N–H and O–H groups in total. The number of halogens is 3. The summed E-state index contributed by atoms with van der Waals surface area (Å²) in [6.45, 7) is 1.89. The molecule has 0 bridgehead atoms. The van der Waals surface area contributed by atoms with Gasteiger partial charge in [-0.05, 0) is 32.6 Å². The maximum Gasteiger partial charge on any atom is 0.391 e. The van der Waals surface area contributed by atoms with Crippen LogP contribution in [-0.4, -0.2) is 28.8 Å². The first-order chi connectivity index (χ1) is 9.82. The van der Waals surface area contributed by atoms with Crippen LogP contribution >= 0.6 is 0 Å². The van der Waals surface area contributed by atoms with Crippen molar-refractivity contribution in [3.05, 3.63) is 11.6 Å². The van der Waals surface area contributed by atoms with Crippen molar-refractivity contribution < 1.29 is 32.2 Å². The zero-order chi connectivity index (χ0) is 15.6. The Kier molecular flexibility index (Phi) is 4.43. The summed E-state index contributed by atoms with van der Waals surface area (Å²) < 4.78 is 48.2. The van der Waals surface area contributed by atoms with Gasteiger partial charge in [0.15, 0.2) is 0 Å². The summed E-state index contributed by atoms with van der Waals surface area (Å²) in [7, 11) is 0. The van der Waals surface area contributed by atoms with Gasteiger partial charge in [0.2, 0.25) is 11.6 Å². The van der Waals surface area contributed by atoms with Gasteiger partial charge in [-0.2, -0.15) is 13.2 Å². The topological polar surface area (TPSA) is 72.6 Å². The van der Waals surface area contributed by atoms with E-state index in [1.807, 2.05) is 0 Å². The van der Waals surface area contributed by atoms with E-state index in [1.165, 1.54) is 0 Å². The lowest BCUT2D eigenvalue weighted by Gasteiger charge is -2.28. The predicted octanol–water partition coefficient (Wildman–Crippen LogP) is 3.61. The number of aromatic carboxylic acids is 1. The number of carbonyl (C=O) groups is 1. The van der Waals surface area contributed by atoms with Crippen molar-refractivity contribution in [1.82, 2.24) is 4.98 Å². The van der Waals surface area contributed by atoms with Crippen LogP contribution < -0.4 is 4.74 Å². The Morgan fingerprint density at radius 2 is 2.00 bits per heavy atom. The number of alkyl halides is 3. The second-order valence-electron chi connectivity index (χ2n) is 5.02. The first-order valence-corrected chi connectivity index (χ1v) is 6.76. The molecule has 0 aromatic carbocycles. The molecule has 0 spiro atoms. The molecular formula is C13H16F3NO4. The van der Waals surface area contributed by atoms with Crippen LogP contribution in [0.1, 0.15) is 54.9 Å². The van der Waals surface area contributed by atoms with Crippen LogP contribution in [0.5, 0.6) is 5.95 Å². The van der Waals surface area contributed by atoms with E-state index < -0.39 is 18.1 Å². The van der Waals surface area contributed by atoms with Crippen LogP contribution in [0.3, 0.4) is 0 Å². The van der Waals surface area contributed by atoms with Crippen LogP contribution in [0, 0.1) is 5.92 Å². The summed E-state index contributed by atoms with van der Waals surface area (Å²) in [6.07, 6.45) is -3.62. The highest BCUT2D eigenvalue weighted by Crippen LogP contribution is 2.43. The minimum atomic E-state index is -4.18. The van der Waals surface area contributed by atoms with E-state index in [9.17, 15) is 18.0 Å². The summed E-state index contributed by atoms with van der Waals surface area (Å²) in [5.41, 5.74) is -0.329. The quantitative estimate of drug-likeness (QED) is 0.920. The summed E-state index contributed by atoms with van der Waals surface area (Å²) in [6, 6.07) is 0. The number of nitrogens with zero attached hydrogens (tertiary/aromatic N) is 1. The van der Waals surface area contributed by atoms with Crippen LogP contribution in [0.25, 0.3) is 0 Å². The fourth-order valence-corrected chi connectivity index (χ4v) is 2.53. The molecule has 0 amide bonds. The van der Waals surface area contributed by atoms with E-state index in [4.69, 9.17) is 14.3 Å². The third-order valence-corrected chi connectivity index (χ3v) is 3.63. The highest BCUT2D eigenvalue weighted by Gasteiger charge is 2.42. The fraction of sp³-hybridized carbons (Fsp3) is 0.692. The standard InChI is InChI=1S/C13H16F3NO4/c1-2-20-12-9(11(18)19)17-10(21-12)7-3-5-8(6-4-7)13(14,15)16/h7-8H,2-6H2,1H3,(H,18,19). The Labute approximate surface area is 119 Å². The average molecular weight is 307 g/mol. The number of aromatic nitrogens is 1. The molecule has 0 radical (unpaired) electrons. The van der Waals surface area contributed by atoms with Crippen molar-refractivity contribution in [2.45, 2.75) is 44.7 Å². The molecule has 5 nitrogen and oxygen atoms in total. The van der Waals surface area contributed by atoms with E-state index in [1.54, 1.807) is 6.92 Å². The van der Waals surface area contributed by atoms with E-state index >= 15 is 0 Å². The minimum absolute atomic E-state index is 0.00290. The molecule has 1 saturated carbocycles. The third kappa shape index (κ3) is 3.48. The first kappa shape index (κ1) is 15.7. The monoisotopic (exact) mass is 307 g/mol. The fourth-order valence-electron chi connectivity index (χ4n) is 2.53. The zero-order valence-electron chi connectivity index (χ0n) is 11.4. The molecule has 0 saturated heterocycles. The van der Waals surface area contributed by atoms with Crippen LogP contribution in [-0.2, 0) is 0 Å². The predicted molar refractivity (Wildman–Crippen MR) is 65.4 cm³/mol. The number of carboxylic acids is 1. The van der Waals surface area contributed by atoms with Gasteiger partial charge < -0.3 is 14.3 Å². The molecule has 1 heterocycles. The summed E-state index contributed by atoms with van der Waals surface area (Å²) in [5, 5.41) is 9.00. The number of hydrogen-bond donors (Lipinski definition) is 1. The molecule has 1 aliphatic carbocycles. The largest absolute Gasteiger partial charge is 0.476 e. The highest BCUT2D eigenvalue weighted by molar-refractivity contribution is 5.87. The molecule has 1 aromatic rings. The second-order valence-corrected chi connectivity index (χ2v) is 5.02. The number of ether oxygens (including phenoxy) is 1. The smallest absolute Gasteiger partial charge is 0.391 e. The van der Waals surface area contributed by atoms with Crippen molar-refractivity contribution in [3.8, 4) is 5.95 Å². The van der Waals surface area contributed by atoms with Gasteiger partial charge >= 0.3 is 18.1 Å². The Morgan fingerprint density at radius 1 is 1.38 bits per heavy atom. The molecule has 1 aromatic heterocycles. The normalized spacial score (nSPS) is 23.0. The van der Waals surface area contributed by atoms with Crippen molar-refractivity contribution >= 4 is 5.97 Å². The Morgan fingerprint density at radius 3 is 2.48 bits per heavy atom. The van der Waals surface area contributed by atoms with Crippen LogP contribution in [0.4, 0.5) is 13.2 Å². The van der Waals surface area contributed by atoms with Gasteiger partial charge in [-0.3, -0.25) is 0 Å². The van der Waals surface area contributed by atoms with Crippen molar-refractivity contribution in [2.24, 2.45) is 5.92 Å². The highest BCUT2D eigenvalue weighted by atomic mass is 19.4. The number of rotatable bonds is 4. The van der Waals surface area contributed by atoms with Gasteiger partial charge in [-0.25, -0.2) is 9.78 Å². The number of carboxylic acid groups (broad SMARTS) is 1. The molecular weight excluding hydrogens is 291 g/mol. The van der Waals surface area contributed by atoms with E-state index in [0.717, 1.165) is 0 Å². The number of hydrogen-bond acceptors (Lipinski definition) is 4. The summed E-state index contributed by atoms with van der Waals surface area (Å²) >= 11 is 0. The van der Waals surface area contributed by atoms with Gasteiger partial charge in [-0.1, -0.05) is 0 Å². The van der Waals surface area contributed by atoms with Crippen LogP contribution in [0.2, 0.25) is 0 Å². The van der Waals surface area contributed by atoms with Gasteiger partial charge in [0, 0.05) is 5.92 Å². The van der Waals surface area contributed by atoms with Gasteiger partial charge in [-0.15, -0.1) is 0 Å². The van der Waals surface area contributed by atoms with Crippen LogP contribution in [0.15, 0.2) is 4.42 Å². The molecule has 1 fully saturated rings. The second kappa shape index (κ2) is 5.95. The summed E-state index contributed by atoms with van der Waals surface area (Å²) in [4.78, 5) is 14.9. The van der Waals surface area contributed by atoms with E-state index in [0.29, 0.717) is 0 Å². The van der Waals surface area contributed by atoms with E-state index in [-0.39, 0.29) is 55.7 Å². The minimum Gasteiger partial charge on any atom is -0.476 e. The Bertz CT molecular complexity index is 504. The molecule has 21 heavy (non-hydrogen) atoms. The van der Waals surface area contributed by atoms with Crippen molar-refractivity contribution in [3.63, 3.8) is 0 Å². The molecule has 0 aliphatic heterocycles. The molecule has 1 aliphatic rings. The van der Waals surface area contributed by atoms with Gasteiger partial charge in [0.05, 0.1) is 12.5 Å². The molecule has 2 rings (SSSR count). The summed E-state index contributed by atoms with van der Waals surface area (Å²) in [5.74, 6) is -2.91. The lowest BCUT2D eigenvalue weighted by atomic mass is 9.81. The molecule has 118 valence electrons. The van der Waals surface area contributed by atoms with Gasteiger partial charge in [0.25, 0.3) is 0 Å². The van der Waals surface area contributed by atoms with Gasteiger partial charge in [0.1, 0.15) is 0 Å². The first-order valence-electron chi connectivity index (χ1n) is 6.76. The Hall–Kier alpha value is -1.73. The maximum atomic E-state index is 12.6. The SMILES string of the molecule is CCOc1oc(C2CCC(C(F)(F)F)CC2)nc1C(=O)O. The maximum absolute atomic E-state index is 12.6. The lowest BCUT2D eigenvalue weighted by Crippen LogP contribution is -2.27. The molecule has 8 heteroatoms. The lowest BCUT2D eigenvalue weighted by molar-refractivity contribution is -0.182. The zero-order valence-corrected chi connectivity index (χ0v) is 11.4. The third-order valence-electron chi connectivity index (χ3n) is 3.63. The van der Waals surface area contributed by atoms with Crippen molar-refractivity contribution in [1.29, 1.82) is 0 Å². The number of oxazole rings is 1. The molecule has 0 unspecified atom stereocenters.